The Morgan fingerprint density at radius 2 is 1.95 bits per heavy atom. The van der Waals surface area contributed by atoms with Gasteiger partial charge in [-0.2, -0.15) is 0 Å². The van der Waals surface area contributed by atoms with E-state index in [0.717, 1.165) is 36.5 Å². The summed E-state index contributed by atoms with van der Waals surface area (Å²) in [5.74, 6) is 4.27. The van der Waals surface area contributed by atoms with E-state index in [9.17, 15) is 0 Å². The third-order valence-corrected chi connectivity index (χ3v) is 4.10. The minimum absolute atomic E-state index is 0.590. The second-order valence-corrected chi connectivity index (χ2v) is 6.10. The molecule has 1 aromatic heterocycles. The molecule has 1 saturated carbocycles. The number of aromatic nitrogens is 2. The van der Waals surface area contributed by atoms with E-state index in [2.05, 4.69) is 39.5 Å². The SMILES string of the molecule is CCNc1cc(NCC2CCN(C)C2)nc(C2CC2)n1. The minimum Gasteiger partial charge on any atom is -0.370 e. The van der Waals surface area contributed by atoms with E-state index >= 15 is 0 Å². The summed E-state index contributed by atoms with van der Waals surface area (Å²) in [5, 5.41) is 6.82. The van der Waals surface area contributed by atoms with E-state index in [-0.39, 0.29) is 0 Å². The van der Waals surface area contributed by atoms with E-state index in [1.807, 2.05) is 6.07 Å². The van der Waals surface area contributed by atoms with Crippen LogP contribution in [0.3, 0.4) is 0 Å². The molecule has 5 heteroatoms. The summed E-state index contributed by atoms with van der Waals surface area (Å²) in [6, 6.07) is 2.04. The number of hydrogen-bond acceptors (Lipinski definition) is 5. The lowest BCUT2D eigenvalue weighted by Crippen LogP contribution is -2.19. The van der Waals surface area contributed by atoms with Gasteiger partial charge in [0.15, 0.2) is 0 Å². The lowest BCUT2D eigenvalue weighted by Gasteiger charge is -2.14. The Kier molecular flexibility index (Phi) is 4.05. The Balaban J connectivity index is 1.64. The molecule has 0 amide bonds. The summed E-state index contributed by atoms with van der Waals surface area (Å²) in [4.78, 5) is 11.7. The maximum atomic E-state index is 4.68. The van der Waals surface area contributed by atoms with Crippen molar-refractivity contribution in [2.45, 2.75) is 32.1 Å². The lowest BCUT2D eigenvalue weighted by atomic mass is 10.1. The third kappa shape index (κ3) is 3.39. The Bertz CT molecular complexity index is 458. The highest BCUT2D eigenvalue weighted by atomic mass is 15.1. The van der Waals surface area contributed by atoms with Gasteiger partial charge < -0.3 is 15.5 Å². The summed E-state index contributed by atoms with van der Waals surface area (Å²) in [7, 11) is 2.19. The van der Waals surface area contributed by atoms with Crippen molar-refractivity contribution in [3.05, 3.63) is 11.9 Å². The summed E-state index contributed by atoms with van der Waals surface area (Å²) < 4.78 is 0. The molecule has 1 aromatic rings. The largest absolute Gasteiger partial charge is 0.370 e. The molecule has 2 aliphatic rings. The highest BCUT2D eigenvalue weighted by molar-refractivity contribution is 5.48. The summed E-state index contributed by atoms with van der Waals surface area (Å²) in [6.45, 7) is 6.41. The molecule has 2 fully saturated rings. The van der Waals surface area contributed by atoms with Gasteiger partial charge in [-0.1, -0.05) is 0 Å². The number of nitrogens with zero attached hydrogens (tertiary/aromatic N) is 3. The van der Waals surface area contributed by atoms with Gasteiger partial charge in [0.1, 0.15) is 17.5 Å². The molecule has 2 N–H and O–H groups in total. The van der Waals surface area contributed by atoms with Crippen LogP contribution in [-0.2, 0) is 0 Å². The van der Waals surface area contributed by atoms with Crippen LogP contribution in [-0.4, -0.2) is 48.1 Å². The van der Waals surface area contributed by atoms with Crippen molar-refractivity contribution >= 4 is 11.6 Å². The number of rotatable bonds is 6. The predicted octanol–water partition coefficient (Wildman–Crippen LogP) is 2.15. The van der Waals surface area contributed by atoms with Crippen molar-refractivity contribution in [2.24, 2.45) is 5.92 Å². The van der Waals surface area contributed by atoms with Gasteiger partial charge in [-0.3, -0.25) is 0 Å². The van der Waals surface area contributed by atoms with Crippen LogP contribution in [0.15, 0.2) is 6.07 Å². The smallest absolute Gasteiger partial charge is 0.136 e. The van der Waals surface area contributed by atoms with Crippen molar-refractivity contribution in [1.29, 1.82) is 0 Å². The van der Waals surface area contributed by atoms with Gasteiger partial charge in [0.25, 0.3) is 0 Å². The van der Waals surface area contributed by atoms with Crippen LogP contribution in [0.4, 0.5) is 11.6 Å². The average Bonchev–Trinajstić information content (AvgIpc) is 3.20. The van der Waals surface area contributed by atoms with E-state index in [4.69, 9.17) is 0 Å². The summed E-state index contributed by atoms with van der Waals surface area (Å²) in [6.07, 6.45) is 3.76. The minimum atomic E-state index is 0.590. The zero-order chi connectivity index (χ0) is 13.9. The van der Waals surface area contributed by atoms with Crippen molar-refractivity contribution in [1.82, 2.24) is 14.9 Å². The molecule has 1 aliphatic heterocycles. The fourth-order valence-electron chi connectivity index (χ4n) is 2.79. The summed E-state index contributed by atoms with van der Waals surface area (Å²) >= 11 is 0. The zero-order valence-electron chi connectivity index (χ0n) is 12.5. The van der Waals surface area contributed by atoms with Gasteiger partial charge in [0.05, 0.1) is 0 Å². The van der Waals surface area contributed by atoms with Crippen LogP contribution in [0.2, 0.25) is 0 Å². The maximum Gasteiger partial charge on any atom is 0.136 e. The van der Waals surface area contributed by atoms with E-state index in [1.54, 1.807) is 0 Å². The van der Waals surface area contributed by atoms with E-state index in [1.165, 1.54) is 32.4 Å². The summed E-state index contributed by atoms with van der Waals surface area (Å²) in [5.41, 5.74) is 0. The van der Waals surface area contributed by atoms with Crippen LogP contribution in [0.25, 0.3) is 0 Å². The number of anilines is 2. The molecule has 110 valence electrons. The topological polar surface area (TPSA) is 53.1 Å². The van der Waals surface area contributed by atoms with Crippen molar-refractivity contribution in [2.75, 3.05) is 43.9 Å². The molecule has 2 heterocycles. The Hall–Kier alpha value is -1.36. The first-order chi connectivity index (χ1) is 9.74. The van der Waals surface area contributed by atoms with Crippen molar-refractivity contribution in [3.63, 3.8) is 0 Å². The molecule has 0 bridgehead atoms. The molecular weight excluding hydrogens is 250 g/mol. The first-order valence-electron chi connectivity index (χ1n) is 7.80. The number of likely N-dealkylation sites (tertiary alicyclic amines) is 1. The second-order valence-electron chi connectivity index (χ2n) is 6.10. The van der Waals surface area contributed by atoms with Crippen LogP contribution >= 0.6 is 0 Å². The molecule has 0 spiro atoms. The molecule has 20 heavy (non-hydrogen) atoms. The quantitative estimate of drug-likeness (QED) is 0.833. The molecule has 5 nitrogen and oxygen atoms in total. The first-order valence-corrected chi connectivity index (χ1v) is 7.80. The van der Waals surface area contributed by atoms with Crippen molar-refractivity contribution in [3.8, 4) is 0 Å². The predicted molar refractivity (Wildman–Crippen MR) is 82.3 cm³/mol. The normalized spacial score (nSPS) is 23.0. The van der Waals surface area contributed by atoms with Gasteiger partial charge in [0, 0.05) is 31.6 Å². The highest BCUT2D eigenvalue weighted by Gasteiger charge is 2.27. The van der Waals surface area contributed by atoms with Gasteiger partial charge in [-0.15, -0.1) is 0 Å². The monoisotopic (exact) mass is 275 g/mol. The molecule has 0 radical (unpaired) electrons. The Morgan fingerprint density at radius 1 is 1.20 bits per heavy atom. The molecule has 0 aromatic carbocycles. The number of nitrogens with one attached hydrogen (secondary N) is 2. The molecular formula is C15H25N5. The Morgan fingerprint density at radius 3 is 2.55 bits per heavy atom. The van der Waals surface area contributed by atoms with Gasteiger partial charge in [0.2, 0.25) is 0 Å². The lowest BCUT2D eigenvalue weighted by molar-refractivity contribution is 0.399. The van der Waals surface area contributed by atoms with E-state index in [0.29, 0.717) is 5.92 Å². The van der Waals surface area contributed by atoms with Gasteiger partial charge >= 0.3 is 0 Å². The standard InChI is InChI=1S/C15H25N5/c1-3-16-13-8-14(19-15(18-13)12-4-5-12)17-9-11-6-7-20(2)10-11/h8,11-12H,3-7,9-10H2,1-2H3,(H2,16,17,18,19). The molecule has 1 unspecified atom stereocenters. The fraction of sp³-hybridized carbons (Fsp3) is 0.733. The first kappa shape index (κ1) is 13.6. The van der Waals surface area contributed by atoms with Crippen LogP contribution in [0.1, 0.15) is 37.9 Å². The molecule has 1 saturated heterocycles. The number of hydrogen-bond donors (Lipinski definition) is 2. The second kappa shape index (κ2) is 5.95. The van der Waals surface area contributed by atoms with Crippen LogP contribution < -0.4 is 10.6 Å². The molecule has 3 rings (SSSR count). The van der Waals surface area contributed by atoms with Gasteiger partial charge in [-0.05, 0) is 45.7 Å². The highest BCUT2D eigenvalue weighted by Crippen LogP contribution is 2.38. The van der Waals surface area contributed by atoms with Crippen LogP contribution in [0.5, 0.6) is 0 Å². The van der Waals surface area contributed by atoms with Crippen LogP contribution in [0, 0.1) is 5.92 Å². The zero-order valence-corrected chi connectivity index (χ0v) is 12.5. The van der Waals surface area contributed by atoms with Crippen molar-refractivity contribution < 1.29 is 0 Å². The molecule has 1 atom stereocenters. The average molecular weight is 275 g/mol. The fourth-order valence-corrected chi connectivity index (χ4v) is 2.79. The van der Waals surface area contributed by atoms with Gasteiger partial charge in [-0.25, -0.2) is 9.97 Å². The van der Waals surface area contributed by atoms with E-state index < -0.39 is 0 Å². The molecule has 1 aliphatic carbocycles. The Labute approximate surface area is 121 Å². The third-order valence-electron chi connectivity index (χ3n) is 4.10. The maximum absolute atomic E-state index is 4.68.